The number of ether oxygens (including phenoxy) is 1. The average Bonchev–Trinajstić information content (AvgIpc) is 2.60. The third-order valence-electron chi connectivity index (χ3n) is 4.38. The predicted octanol–water partition coefficient (Wildman–Crippen LogP) is 2.19. The molecule has 0 aliphatic carbocycles. The van der Waals surface area contributed by atoms with Gasteiger partial charge < -0.3 is 20.3 Å². The van der Waals surface area contributed by atoms with Gasteiger partial charge >= 0.3 is 12.2 Å². The molecule has 1 aromatic rings. The Labute approximate surface area is 148 Å². The Morgan fingerprint density at radius 2 is 1.88 bits per heavy atom. The van der Waals surface area contributed by atoms with Crippen molar-refractivity contribution in [2.24, 2.45) is 0 Å². The second-order valence-corrected chi connectivity index (χ2v) is 6.06. The Bertz CT molecular complexity index is 755. The molecule has 1 aromatic carbocycles. The van der Waals surface area contributed by atoms with E-state index in [2.05, 4.69) is 10.6 Å². The fraction of sp³-hybridized carbons (Fsp3) is 0.412. The van der Waals surface area contributed by atoms with Crippen molar-refractivity contribution in [1.82, 2.24) is 15.5 Å². The van der Waals surface area contributed by atoms with Crippen molar-refractivity contribution in [3.05, 3.63) is 46.7 Å². The number of amides is 3. The quantitative estimate of drug-likeness (QED) is 0.840. The highest BCUT2D eigenvalue weighted by Gasteiger charge is 2.40. The number of hydrogen-bond acceptors (Lipinski definition) is 3. The summed E-state index contributed by atoms with van der Waals surface area (Å²) in [6, 6.07) is 3.11. The van der Waals surface area contributed by atoms with Crippen LogP contribution in [-0.2, 0) is 15.7 Å². The first kappa shape index (κ1) is 18.2. The van der Waals surface area contributed by atoms with Crippen LogP contribution >= 0.6 is 0 Å². The van der Waals surface area contributed by atoms with Gasteiger partial charge in [0.2, 0.25) is 0 Å². The molecule has 1 saturated heterocycles. The van der Waals surface area contributed by atoms with Gasteiger partial charge in [-0.2, -0.15) is 13.2 Å². The number of urea groups is 1. The van der Waals surface area contributed by atoms with Crippen molar-refractivity contribution in [3.8, 4) is 0 Å². The molecule has 2 aliphatic heterocycles. The van der Waals surface area contributed by atoms with Crippen LogP contribution in [0.1, 0.15) is 24.1 Å². The van der Waals surface area contributed by atoms with E-state index in [1.54, 1.807) is 0 Å². The van der Waals surface area contributed by atoms with Crippen molar-refractivity contribution in [1.29, 1.82) is 0 Å². The smallest absolute Gasteiger partial charge is 0.378 e. The van der Waals surface area contributed by atoms with Crippen LogP contribution in [0.2, 0.25) is 0 Å². The first-order valence-corrected chi connectivity index (χ1v) is 8.10. The number of allylic oxidation sites excluding steroid dienone is 1. The van der Waals surface area contributed by atoms with Crippen LogP contribution in [-0.4, -0.2) is 43.1 Å². The van der Waals surface area contributed by atoms with E-state index >= 15 is 0 Å². The first-order chi connectivity index (χ1) is 12.3. The molecule has 0 aromatic heterocycles. The van der Waals surface area contributed by atoms with Crippen LogP contribution in [0.4, 0.5) is 18.0 Å². The highest BCUT2D eigenvalue weighted by molar-refractivity contribution is 5.98. The highest BCUT2D eigenvalue weighted by Crippen LogP contribution is 2.38. The van der Waals surface area contributed by atoms with Crippen LogP contribution in [0.15, 0.2) is 35.5 Å². The first-order valence-electron chi connectivity index (χ1n) is 8.10. The summed E-state index contributed by atoms with van der Waals surface area (Å²) in [6.07, 6.45) is -4.60. The van der Waals surface area contributed by atoms with Gasteiger partial charge in [-0.05, 0) is 18.6 Å². The number of benzene rings is 1. The number of carbonyl (C=O) groups excluding carboxylic acids is 2. The van der Waals surface area contributed by atoms with E-state index < -0.39 is 29.7 Å². The molecule has 6 nitrogen and oxygen atoms in total. The topological polar surface area (TPSA) is 70.7 Å². The zero-order valence-corrected chi connectivity index (χ0v) is 14.0. The summed E-state index contributed by atoms with van der Waals surface area (Å²) < 4.78 is 45.5. The maximum Gasteiger partial charge on any atom is 0.416 e. The van der Waals surface area contributed by atoms with Crippen molar-refractivity contribution in [3.63, 3.8) is 0 Å². The van der Waals surface area contributed by atoms with Gasteiger partial charge in [-0.3, -0.25) is 4.79 Å². The number of nitrogens with one attached hydrogen (secondary N) is 2. The lowest BCUT2D eigenvalue weighted by atomic mass is 9.90. The van der Waals surface area contributed by atoms with Crippen molar-refractivity contribution in [2.45, 2.75) is 19.1 Å². The van der Waals surface area contributed by atoms with Gasteiger partial charge in [0.15, 0.2) is 0 Å². The fourth-order valence-electron chi connectivity index (χ4n) is 3.15. The Hall–Kier alpha value is -2.55. The number of alkyl halides is 3. The van der Waals surface area contributed by atoms with E-state index in [9.17, 15) is 22.8 Å². The van der Waals surface area contributed by atoms with Gasteiger partial charge in [-0.1, -0.05) is 18.2 Å². The van der Waals surface area contributed by atoms with Crippen LogP contribution in [0.3, 0.4) is 0 Å². The molecule has 3 rings (SSSR count). The molecular formula is C17H18F3N3O3. The van der Waals surface area contributed by atoms with Gasteiger partial charge in [0, 0.05) is 18.8 Å². The van der Waals surface area contributed by atoms with Crippen LogP contribution in [0.5, 0.6) is 0 Å². The van der Waals surface area contributed by atoms with E-state index in [0.717, 1.165) is 6.07 Å². The Morgan fingerprint density at radius 1 is 1.23 bits per heavy atom. The molecule has 1 unspecified atom stereocenters. The molecule has 9 heteroatoms. The zero-order valence-electron chi connectivity index (χ0n) is 14.0. The molecule has 2 N–H and O–H groups in total. The van der Waals surface area contributed by atoms with Crippen LogP contribution in [0, 0.1) is 0 Å². The summed E-state index contributed by atoms with van der Waals surface area (Å²) >= 11 is 0. The lowest BCUT2D eigenvalue weighted by molar-refractivity contribution is -0.139. The second kappa shape index (κ2) is 6.99. The molecular weight excluding hydrogens is 351 g/mol. The predicted molar refractivity (Wildman–Crippen MR) is 86.0 cm³/mol. The number of rotatable bonds is 2. The number of morpholine rings is 1. The SMILES string of the molecule is CC1=C(C(=O)N2CCOCC2)C(c2ccccc2C(F)(F)F)NC(=O)N1. The normalized spacial score (nSPS) is 21.3. The molecule has 0 spiro atoms. The summed E-state index contributed by atoms with van der Waals surface area (Å²) in [6.45, 7) is 2.92. The summed E-state index contributed by atoms with van der Waals surface area (Å²) in [4.78, 5) is 26.4. The minimum Gasteiger partial charge on any atom is -0.378 e. The lowest BCUT2D eigenvalue weighted by Gasteiger charge is -2.34. The van der Waals surface area contributed by atoms with Crippen LogP contribution < -0.4 is 10.6 Å². The van der Waals surface area contributed by atoms with Gasteiger partial charge in [0.25, 0.3) is 5.91 Å². The molecule has 26 heavy (non-hydrogen) atoms. The summed E-state index contributed by atoms with van der Waals surface area (Å²) in [5.74, 6) is -0.416. The molecule has 2 aliphatic rings. The van der Waals surface area contributed by atoms with Crippen molar-refractivity contribution in [2.75, 3.05) is 26.3 Å². The minimum absolute atomic E-state index is 0.100. The fourth-order valence-corrected chi connectivity index (χ4v) is 3.15. The van der Waals surface area contributed by atoms with Gasteiger partial charge in [0.1, 0.15) is 0 Å². The maximum absolute atomic E-state index is 13.4. The number of halogens is 3. The molecule has 0 radical (unpaired) electrons. The molecule has 1 fully saturated rings. The Morgan fingerprint density at radius 3 is 2.54 bits per heavy atom. The van der Waals surface area contributed by atoms with E-state index in [1.807, 2.05) is 0 Å². The monoisotopic (exact) mass is 369 g/mol. The zero-order chi connectivity index (χ0) is 18.9. The Balaban J connectivity index is 2.05. The second-order valence-electron chi connectivity index (χ2n) is 6.06. The van der Waals surface area contributed by atoms with Gasteiger partial charge in [0.05, 0.1) is 30.4 Å². The van der Waals surface area contributed by atoms with E-state index in [-0.39, 0.29) is 16.8 Å². The van der Waals surface area contributed by atoms with E-state index in [4.69, 9.17) is 4.74 Å². The lowest BCUT2D eigenvalue weighted by Crippen LogP contribution is -2.50. The largest absolute Gasteiger partial charge is 0.416 e. The van der Waals surface area contributed by atoms with Crippen LogP contribution in [0.25, 0.3) is 0 Å². The van der Waals surface area contributed by atoms with Crippen molar-refractivity contribution >= 4 is 11.9 Å². The molecule has 3 amide bonds. The molecule has 2 heterocycles. The van der Waals surface area contributed by atoms with Gasteiger partial charge in [-0.25, -0.2) is 4.79 Å². The average molecular weight is 369 g/mol. The van der Waals surface area contributed by atoms with Crippen molar-refractivity contribution < 1.29 is 27.5 Å². The Kier molecular flexibility index (Phi) is 4.90. The summed E-state index contributed by atoms with van der Waals surface area (Å²) in [7, 11) is 0. The molecule has 140 valence electrons. The third-order valence-corrected chi connectivity index (χ3v) is 4.38. The number of hydrogen-bond donors (Lipinski definition) is 2. The maximum atomic E-state index is 13.4. The summed E-state index contributed by atoms with van der Waals surface area (Å²) in [5.41, 5.74) is -0.700. The number of nitrogens with zero attached hydrogens (tertiary/aromatic N) is 1. The summed E-state index contributed by atoms with van der Waals surface area (Å²) in [5, 5.41) is 4.94. The standard InChI is InChI=1S/C17H18F3N3O3/c1-10-13(15(24)23-6-8-26-9-7-23)14(22-16(25)21-10)11-4-2-3-5-12(11)17(18,19)20/h2-5,14H,6-9H2,1H3,(H2,21,22,25). The van der Waals surface area contributed by atoms with Gasteiger partial charge in [-0.15, -0.1) is 0 Å². The molecule has 1 atom stereocenters. The molecule has 0 saturated carbocycles. The molecule has 0 bridgehead atoms. The van der Waals surface area contributed by atoms with E-state index in [1.165, 1.54) is 30.0 Å². The van der Waals surface area contributed by atoms with E-state index in [0.29, 0.717) is 26.3 Å². The minimum atomic E-state index is -4.60. The highest BCUT2D eigenvalue weighted by atomic mass is 19.4. The number of carbonyl (C=O) groups is 2. The third kappa shape index (κ3) is 3.52.